The second-order valence-corrected chi connectivity index (χ2v) is 10.6. The number of nitrogens with one attached hydrogen (secondary N) is 1. The van der Waals surface area contributed by atoms with Crippen LogP contribution >= 0.6 is 0 Å². The molecule has 0 aliphatic carbocycles. The number of amides is 2. The minimum atomic E-state index is -3.53. The lowest BCUT2D eigenvalue weighted by Gasteiger charge is -2.29. The number of nitrogens with zero attached hydrogens (tertiary/aromatic N) is 2. The molecule has 2 saturated heterocycles. The van der Waals surface area contributed by atoms with Crippen molar-refractivity contribution in [3.05, 3.63) is 60.2 Å². The molecule has 2 amide bonds. The maximum absolute atomic E-state index is 12.9. The van der Waals surface area contributed by atoms with E-state index < -0.39 is 15.9 Å². The van der Waals surface area contributed by atoms with E-state index in [4.69, 9.17) is 0 Å². The minimum Gasteiger partial charge on any atom is -0.352 e. The topological polar surface area (TPSA) is 86.8 Å². The molecular weight excluding hydrogens is 426 g/mol. The monoisotopic (exact) mass is 455 g/mol. The molecule has 1 atom stereocenters. The lowest BCUT2D eigenvalue weighted by Crippen LogP contribution is -2.37. The molecule has 8 heteroatoms. The van der Waals surface area contributed by atoms with Gasteiger partial charge in [0.05, 0.1) is 10.8 Å². The maximum atomic E-state index is 12.9. The normalized spacial score (nSPS) is 20.5. The van der Waals surface area contributed by atoms with E-state index in [2.05, 4.69) is 12.2 Å². The van der Waals surface area contributed by atoms with E-state index in [0.717, 1.165) is 18.4 Å². The number of carbonyl (C=O) groups excluding carboxylic acids is 2. The summed E-state index contributed by atoms with van der Waals surface area (Å²) >= 11 is 0. The first-order valence-electron chi connectivity index (χ1n) is 11.1. The van der Waals surface area contributed by atoms with Gasteiger partial charge in [0.1, 0.15) is 0 Å². The number of rotatable bonds is 6. The van der Waals surface area contributed by atoms with Crippen LogP contribution in [0.3, 0.4) is 0 Å². The summed E-state index contributed by atoms with van der Waals surface area (Å²) in [7, 11) is -3.53. The molecule has 7 nitrogen and oxygen atoms in total. The van der Waals surface area contributed by atoms with Crippen LogP contribution in [0.25, 0.3) is 0 Å². The van der Waals surface area contributed by atoms with Gasteiger partial charge in [-0.2, -0.15) is 4.31 Å². The van der Waals surface area contributed by atoms with Crippen LogP contribution < -0.4 is 10.2 Å². The molecule has 2 heterocycles. The van der Waals surface area contributed by atoms with Crippen molar-refractivity contribution in [1.29, 1.82) is 0 Å². The third kappa shape index (κ3) is 4.86. The fourth-order valence-corrected chi connectivity index (χ4v) is 5.70. The Morgan fingerprint density at radius 1 is 1.03 bits per heavy atom. The molecule has 2 fully saturated rings. The molecule has 170 valence electrons. The van der Waals surface area contributed by atoms with E-state index in [9.17, 15) is 18.0 Å². The smallest absolute Gasteiger partial charge is 0.243 e. The van der Waals surface area contributed by atoms with Crippen LogP contribution in [0, 0.1) is 11.8 Å². The predicted octanol–water partition coefficient (Wildman–Crippen LogP) is 2.78. The van der Waals surface area contributed by atoms with Crippen molar-refractivity contribution in [1.82, 2.24) is 9.62 Å². The number of anilines is 1. The molecule has 0 saturated carbocycles. The van der Waals surface area contributed by atoms with Gasteiger partial charge in [0.2, 0.25) is 21.8 Å². The zero-order valence-electron chi connectivity index (χ0n) is 18.2. The molecule has 0 aromatic heterocycles. The van der Waals surface area contributed by atoms with Crippen molar-refractivity contribution in [2.75, 3.05) is 24.5 Å². The number of hydrogen-bond donors (Lipinski definition) is 1. The average molecular weight is 456 g/mol. The highest BCUT2D eigenvalue weighted by Crippen LogP contribution is 2.28. The fourth-order valence-electron chi connectivity index (χ4n) is 4.23. The van der Waals surface area contributed by atoms with Crippen molar-refractivity contribution in [3.63, 3.8) is 0 Å². The molecule has 1 unspecified atom stereocenters. The molecule has 0 bridgehead atoms. The number of piperidine rings is 1. The highest BCUT2D eigenvalue weighted by atomic mass is 32.2. The molecule has 4 rings (SSSR count). The fraction of sp³-hybridized carbons (Fsp3) is 0.417. The van der Waals surface area contributed by atoms with Gasteiger partial charge in [0.15, 0.2) is 0 Å². The Morgan fingerprint density at radius 3 is 2.34 bits per heavy atom. The highest BCUT2D eigenvalue weighted by molar-refractivity contribution is 7.89. The summed E-state index contributed by atoms with van der Waals surface area (Å²) in [6, 6.07) is 16.0. The minimum absolute atomic E-state index is 0.134. The first-order chi connectivity index (χ1) is 15.3. The lowest BCUT2D eigenvalue weighted by molar-refractivity contribution is -0.126. The summed E-state index contributed by atoms with van der Waals surface area (Å²) in [5.41, 5.74) is 1.61. The Kier molecular flexibility index (Phi) is 6.62. The van der Waals surface area contributed by atoms with Gasteiger partial charge in [0, 0.05) is 38.3 Å². The van der Waals surface area contributed by atoms with Crippen LogP contribution in [-0.2, 0) is 26.2 Å². The van der Waals surface area contributed by atoms with Gasteiger partial charge < -0.3 is 10.2 Å². The van der Waals surface area contributed by atoms with Gasteiger partial charge in [-0.05, 0) is 48.6 Å². The van der Waals surface area contributed by atoms with E-state index in [-0.39, 0.29) is 29.7 Å². The molecule has 32 heavy (non-hydrogen) atoms. The average Bonchev–Trinajstić information content (AvgIpc) is 3.20. The van der Waals surface area contributed by atoms with Crippen molar-refractivity contribution in [2.45, 2.75) is 37.6 Å². The molecule has 2 aromatic rings. The number of sulfonamides is 1. The van der Waals surface area contributed by atoms with Crippen LogP contribution in [0.5, 0.6) is 0 Å². The second-order valence-electron chi connectivity index (χ2n) is 8.69. The van der Waals surface area contributed by atoms with Crippen molar-refractivity contribution < 1.29 is 18.0 Å². The zero-order chi connectivity index (χ0) is 22.7. The van der Waals surface area contributed by atoms with Crippen LogP contribution in [0.4, 0.5) is 5.69 Å². The Morgan fingerprint density at radius 2 is 1.69 bits per heavy atom. The van der Waals surface area contributed by atoms with E-state index in [1.807, 2.05) is 30.3 Å². The quantitative estimate of drug-likeness (QED) is 0.726. The van der Waals surface area contributed by atoms with E-state index in [1.54, 1.807) is 29.2 Å². The first-order valence-corrected chi connectivity index (χ1v) is 12.5. The molecule has 2 aliphatic rings. The molecule has 2 aromatic carbocycles. The van der Waals surface area contributed by atoms with Crippen LogP contribution in [0.1, 0.15) is 31.7 Å². The number of carbonyl (C=O) groups is 2. The highest BCUT2D eigenvalue weighted by Gasteiger charge is 2.35. The van der Waals surface area contributed by atoms with Gasteiger partial charge in [-0.3, -0.25) is 9.59 Å². The molecular formula is C24H29N3O4S. The van der Waals surface area contributed by atoms with Crippen molar-refractivity contribution in [3.8, 4) is 0 Å². The number of benzene rings is 2. The van der Waals surface area contributed by atoms with Gasteiger partial charge in [-0.25, -0.2) is 8.42 Å². The van der Waals surface area contributed by atoms with E-state index in [0.29, 0.717) is 31.2 Å². The molecule has 1 N–H and O–H groups in total. The van der Waals surface area contributed by atoms with Crippen LogP contribution in [-0.4, -0.2) is 44.2 Å². The predicted molar refractivity (Wildman–Crippen MR) is 122 cm³/mol. The van der Waals surface area contributed by atoms with Crippen molar-refractivity contribution >= 4 is 27.5 Å². The molecule has 0 spiro atoms. The third-order valence-corrected chi connectivity index (χ3v) is 8.25. The molecule has 0 radical (unpaired) electrons. The van der Waals surface area contributed by atoms with Gasteiger partial charge >= 0.3 is 0 Å². The van der Waals surface area contributed by atoms with E-state index in [1.165, 1.54) is 4.31 Å². The maximum Gasteiger partial charge on any atom is 0.243 e. The van der Waals surface area contributed by atoms with Gasteiger partial charge in [-0.15, -0.1) is 0 Å². The summed E-state index contributed by atoms with van der Waals surface area (Å²) in [4.78, 5) is 26.9. The summed E-state index contributed by atoms with van der Waals surface area (Å²) < 4.78 is 27.4. The Balaban J connectivity index is 1.38. The lowest BCUT2D eigenvalue weighted by atomic mass is 10.0. The Labute approximate surface area is 189 Å². The standard InChI is InChI=1S/C24H29N3O4S/c1-18-11-13-26(14-12-18)32(30,31)22-9-7-21(8-10-22)27-17-20(15-23(27)28)24(29)25-16-19-5-3-2-4-6-19/h2-10,18,20H,11-17H2,1H3,(H,25,29). The summed E-state index contributed by atoms with van der Waals surface area (Å²) in [6.07, 6.45) is 1.88. The first kappa shape index (κ1) is 22.5. The summed E-state index contributed by atoms with van der Waals surface area (Å²) in [6.45, 7) is 3.92. The summed E-state index contributed by atoms with van der Waals surface area (Å²) in [5, 5.41) is 2.90. The Bertz CT molecular complexity index is 1060. The third-order valence-electron chi connectivity index (χ3n) is 6.33. The molecule has 2 aliphatic heterocycles. The number of hydrogen-bond acceptors (Lipinski definition) is 4. The zero-order valence-corrected chi connectivity index (χ0v) is 19.1. The van der Waals surface area contributed by atoms with Gasteiger partial charge in [0.25, 0.3) is 0 Å². The van der Waals surface area contributed by atoms with E-state index >= 15 is 0 Å². The van der Waals surface area contributed by atoms with Crippen LogP contribution in [0.2, 0.25) is 0 Å². The second kappa shape index (κ2) is 9.42. The van der Waals surface area contributed by atoms with Crippen molar-refractivity contribution in [2.24, 2.45) is 11.8 Å². The summed E-state index contributed by atoms with van der Waals surface area (Å²) in [5.74, 6) is -0.165. The SMILES string of the molecule is CC1CCN(S(=O)(=O)c2ccc(N3CC(C(=O)NCc4ccccc4)CC3=O)cc2)CC1. The van der Waals surface area contributed by atoms with Gasteiger partial charge in [-0.1, -0.05) is 37.3 Å². The largest absolute Gasteiger partial charge is 0.352 e. The Hall–Kier alpha value is -2.71. The van der Waals surface area contributed by atoms with Crippen LogP contribution in [0.15, 0.2) is 59.5 Å².